The number of benzene rings is 1. The summed E-state index contributed by atoms with van der Waals surface area (Å²) in [6, 6.07) is 8.18. The Morgan fingerprint density at radius 2 is 2.15 bits per heavy atom. The average molecular weight is 375 g/mol. The molecule has 1 saturated carbocycles. The Balaban J connectivity index is 1.59. The van der Waals surface area contributed by atoms with Gasteiger partial charge < -0.3 is 15.2 Å². The van der Waals surface area contributed by atoms with Gasteiger partial charge in [0.05, 0.1) is 6.54 Å². The highest BCUT2D eigenvalue weighted by molar-refractivity contribution is 6.30. The van der Waals surface area contributed by atoms with Gasteiger partial charge in [0.15, 0.2) is 5.96 Å². The molecule has 0 radical (unpaired) electrons. The number of rotatable bonds is 8. The SMILES string of the molecule is CCNC(=NCC1(c2cccc(Cl)c2)CC1)NCCn1cnnc1CC. The van der Waals surface area contributed by atoms with Crippen molar-refractivity contribution in [3.05, 3.63) is 47.0 Å². The van der Waals surface area contributed by atoms with Gasteiger partial charge in [-0.3, -0.25) is 4.99 Å². The zero-order chi connectivity index (χ0) is 18.4. The first-order chi connectivity index (χ1) is 12.7. The first kappa shape index (κ1) is 18.7. The summed E-state index contributed by atoms with van der Waals surface area (Å²) in [6.45, 7) is 7.37. The smallest absolute Gasteiger partial charge is 0.191 e. The van der Waals surface area contributed by atoms with Gasteiger partial charge in [-0.15, -0.1) is 10.2 Å². The van der Waals surface area contributed by atoms with E-state index >= 15 is 0 Å². The Bertz CT molecular complexity index is 750. The molecule has 1 aliphatic carbocycles. The molecule has 3 rings (SSSR count). The molecule has 26 heavy (non-hydrogen) atoms. The third kappa shape index (κ3) is 4.55. The van der Waals surface area contributed by atoms with Gasteiger partial charge in [0, 0.05) is 36.5 Å². The van der Waals surface area contributed by atoms with E-state index in [-0.39, 0.29) is 5.41 Å². The lowest BCUT2D eigenvalue weighted by Gasteiger charge is -2.16. The lowest BCUT2D eigenvalue weighted by Crippen LogP contribution is -2.39. The van der Waals surface area contributed by atoms with Crippen LogP contribution in [0.2, 0.25) is 5.02 Å². The molecule has 1 heterocycles. The molecule has 1 fully saturated rings. The highest BCUT2D eigenvalue weighted by atomic mass is 35.5. The first-order valence-electron chi connectivity index (χ1n) is 9.32. The lowest BCUT2D eigenvalue weighted by atomic mass is 9.96. The summed E-state index contributed by atoms with van der Waals surface area (Å²) < 4.78 is 2.07. The second-order valence-corrected chi connectivity index (χ2v) is 7.14. The van der Waals surface area contributed by atoms with E-state index in [1.165, 1.54) is 5.56 Å². The summed E-state index contributed by atoms with van der Waals surface area (Å²) in [4.78, 5) is 4.83. The first-order valence-corrected chi connectivity index (χ1v) is 9.69. The Labute approximate surface area is 160 Å². The number of halogens is 1. The summed E-state index contributed by atoms with van der Waals surface area (Å²) in [7, 11) is 0. The fourth-order valence-electron chi connectivity index (χ4n) is 3.11. The molecule has 2 N–H and O–H groups in total. The van der Waals surface area contributed by atoms with E-state index < -0.39 is 0 Å². The molecule has 0 aliphatic heterocycles. The van der Waals surface area contributed by atoms with Crippen molar-refractivity contribution in [2.45, 2.75) is 45.1 Å². The van der Waals surface area contributed by atoms with E-state index in [1.54, 1.807) is 6.33 Å². The van der Waals surface area contributed by atoms with E-state index in [2.05, 4.69) is 51.4 Å². The van der Waals surface area contributed by atoms with Crippen molar-refractivity contribution >= 4 is 17.6 Å². The Hall–Kier alpha value is -2.08. The highest BCUT2D eigenvalue weighted by Gasteiger charge is 2.44. The molecule has 0 saturated heterocycles. The molecular weight excluding hydrogens is 348 g/mol. The van der Waals surface area contributed by atoms with E-state index in [1.807, 2.05) is 12.1 Å². The number of aryl methyl sites for hydroxylation is 1. The number of aromatic nitrogens is 3. The summed E-state index contributed by atoms with van der Waals surface area (Å²) in [5.41, 5.74) is 1.44. The predicted molar refractivity (Wildman–Crippen MR) is 106 cm³/mol. The van der Waals surface area contributed by atoms with E-state index in [0.29, 0.717) is 0 Å². The number of hydrogen-bond donors (Lipinski definition) is 2. The summed E-state index contributed by atoms with van der Waals surface area (Å²) in [5.74, 6) is 1.86. The van der Waals surface area contributed by atoms with E-state index in [0.717, 1.165) is 62.2 Å². The summed E-state index contributed by atoms with van der Waals surface area (Å²) in [5, 5.41) is 15.6. The van der Waals surface area contributed by atoms with Crippen molar-refractivity contribution in [3.63, 3.8) is 0 Å². The molecule has 1 aromatic carbocycles. The minimum absolute atomic E-state index is 0.150. The number of hydrogen-bond acceptors (Lipinski definition) is 3. The van der Waals surface area contributed by atoms with Crippen molar-refractivity contribution in [3.8, 4) is 0 Å². The largest absolute Gasteiger partial charge is 0.357 e. The topological polar surface area (TPSA) is 67.1 Å². The normalized spacial score (nSPS) is 15.7. The standard InChI is InChI=1S/C19H27ClN6/c1-3-17-25-24-14-26(17)11-10-22-18(21-4-2)23-13-19(8-9-19)15-6-5-7-16(20)12-15/h5-7,12,14H,3-4,8-11,13H2,1-2H3,(H2,21,22,23). The minimum atomic E-state index is 0.150. The Morgan fingerprint density at radius 1 is 1.31 bits per heavy atom. The maximum absolute atomic E-state index is 6.16. The number of nitrogens with one attached hydrogen (secondary N) is 2. The fourth-order valence-corrected chi connectivity index (χ4v) is 3.30. The van der Waals surface area contributed by atoms with Gasteiger partial charge in [-0.25, -0.2) is 0 Å². The second-order valence-electron chi connectivity index (χ2n) is 6.71. The summed E-state index contributed by atoms with van der Waals surface area (Å²) in [6.07, 6.45) is 4.99. The van der Waals surface area contributed by atoms with Crippen LogP contribution in [0.15, 0.2) is 35.6 Å². The quantitative estimate of drug-likeness (QED) is 0.550. The Kier molecular flexibility index (Phi) is 6.14. The Morgan fingerprint density at radius 3 is 2.85 bits per heavy atom. The monoisotopic (exact) mass is 374 g/mol. The zero-order valence-electron chi connectivity index (χ0n) is 15.5. The molecule has 0 bridgehead atoms. The van der Waals surface area contributed by atoms with Crippen molar-refractivity contribution in [1.29, 1.82) is 0 Å². The molecular formula is C19H27ClN6. The van der Waals surface area contributed by atoms with Crippen LogP contribution in [0, 0.1) is 0 Å². The van der Waals surface area contributed by atoms with Gasteiger partial charge in [-0.1, -0.05) is 30.7 Å². The van der Waals surface area contributed by atoms with Crippen LogP contribution in [0.1, 0.15) is 38.1 Å². The van der Waals surface area contributed by atoms with E-state index in [4.69, 9.17) is 16.6 Å². The number of nitrogens with zero attached hydrogens (tertiary/aromatic N) is 4. The van der Waals surface area contributed by atoms with Gasteiger partial charge in [0.1, 0.15) is 12.2 Å². The molecule has 140 valence electrons. The lowest BCUT2D eigenvalue weighted by molar-refractivity contribution is 0.629. The van der Waals surface area contributed by atoms with Crippen molar-refractivity contribution < 1.29 is 0 Å². The van der Waals surface area contributed by atoms with Gasteiger partial charge in [0.25, 0.3) is 0 Å². The van der Waals surface area contributed by atoms with Crippen LogP contribution in [0.3, 0.4) is 0 Å². The third-order valence-electron chi connectivity index (χ3n) is 4.83. The molecule has 6 nitrogen and oxygen atoms in total. The maximum atomic E-state index is 6.16. The number of guanidine groups is 1. The van der Waals surface area contributed by atoms with Crippen LogP contribution in [0.5, 0.6) is 0 Å². The molecule has 0 unspecified atom stereocenters. The minimum Gasteiger partial charge on any atom is -0.357 e. The predicted octanol–water partition coefficient (Wildman–Crippen LogP) is 2.78. The molecule has 2 aromatic rings. The molecule has 7 heteroatoms. The number of aliphatic imine (C=N–C) groups is 1. The molecule has 0 amide bonds. The molecule has 0 spiro atoms. The van der Waals surface area contributed by atoms with Gasteiger partial charge in [-0.05, 0) is 37.5 Å². The van der Waals surface area contributed by atoms with Gasteiger partial charge in [0.2, 0.25) is 0 Å². The van der Waals surface area contributed by atoms with Gasteiger partial charge in [-0.2, -0.15) is 0 Å². The van der Waals surface area contributed by atoms with Crippen LogP contribution in [-0.2, 0) is 18.4 Å². The van der Waals surface area contributed by atoms with Crippen LogP contribution in [-0.4, -0.2) is 40.4 Å². The zero-order valence-corrected chi connectivity index (χ0v) is 16.3. The van der Waals surface area contributed by atoms with Crippen molar-refractivity contribution in [1.82, 2.24) is 25.4 Å². The van der Waals surface area contributed by atoms with Gasteiger partial charge >= 0.3 is 0 Å². The van der Waals surface area contributed by atoms with Crippen LogP contribution < -0.4 is 10.6 Å². The van der Waals surface area contributed by atoms with Crippen LogP contribution in [0.25, 0.3) is 0 Å². The molecule has 0 atom stereocenters. The van der Waals surface area contributed by atoms with Crippen molar-refractivity contribution in [2.24, 2.45) is 4.99 Å². The fraction of sp³-hybridized carbons (Fsp3) is 0.526. The average Bonchev–Trinajstić information content (AvgIpc) is 3.31. The second kappa shape index (κ2) is 8.54. The highest BCUT2D eigenvalue weighted by Crippen LogP contribution is 2.48. The molecule has 1 aromatic heterocycles. The van der Waals surface area contributed by atoms with Crippen LogP contribution in [0.4, 0.5) is 0 Å². The summed E-state index contributed by atoms with van der Waals surface area (Å²) >= 11 is 6.16. The molecule has 1 aliphatic rings. The van der Waals surface area contributed by atoms with E-state index in [9.17, 15) is 0 Å². The van der Waals surface area contributed by atoms with Crippen molar-refractivity contribution in [2.75, 3.05) is 19.6 Å². The third-order valence-corrected chi connectivity index (χ3v) is 5.07. The van der Waals surface area contributed by atoms with Crippen LogP contribution >= 0.6 is 11.6 Å². The maximum Gasteiger partial charge on any atom is 0.191 e.